The van der Waals surface area contributed by atoms with Crippen molar-refractivity contribution in [3.05, 3.63) is 0 Å². The van der Waals surface area contributed by atoms with Crippen LogP contribution in [0.4, 0.5) is 0 Å². The predicted molar refractivity (Wildman–Crippen MR) is 43.1 cm³/mol. The van der Waals surface area contributed by atoms with E-state index in [0.717, 1.165) is 0 Å². The average Bonchev–Trinajstić information content (AvgIpc) is 2.81. The first-order chi connectivity index (χ1) is 5.32. The van der Waals surface area contributed by atoms with Gasteiger partial charge in [-0.3, -0.25) is 14.7 Å². The summed E-state index contributed by atoms with van der Waals surface area (Å²) in [5.74, 6) is 0.333. The molecule has 3 aliphatic rings. The Kier molecular flexibility index (Phi) is 1.04. The Morgan fingerprint density at radius 1 is 0.727 bits per heavy atom. The second-order valence-corrected chi connectivity index (χ2v) is 3.93. The molecule has 11 heavy (non-hydrogen) atoms. The molecule has 62 valence electrons. The molecule has 0 aliphatic carbocycles. The zero-order chi connectivity index (χ0) is 7.47. The molecule has 0 aromatic carbocycles. The molecule has 3 fully saturated rings. The second-order valence-electron chi connectivity index (χ2n) is 3.93. The molecule has 3 aliphatic heterocycles. The summed E-state index contributed by atoms with van der Waals surface area (Å²) in [7, 11) is 0. The highest BCUT2D eigenvalue weighted by Crippen LogP contribution is 2.37. The van der Waals surface area contributed by atoms with Gasteiger partial charge >= 0.3 is 0 Å². The normalized spacial score (nSPS) is 32.5. The van der Waals surface area contributed by atoms with Crippen LogP contribution < -0.4 is 0 Å². The van der Waals surface area contributed by atoms with Gasteiger partial charge in [0, 0.05) is 39.3 Å². The molecule has 0 amide bonds. The minimum absolute atomic E-state index is 0.333. The summed E-state index contributed by atoms with van der Waals surface area (Å²) < 4.78 is 0. The van der Waals surface area contributed by atoms with Gasteiger partial charge in [0.25, 0.3) is 0 Å². The molecule has 0 atom stereocenters. The van der Waals surface area contributed by atoms with E-state index in [4.69, 9.17) is 0 Å². The SMILES string of the molecule is CC(N1CC1)(N1CC1)N1CC1. The predicted octanol–water partition coefficient (Wildman–Crippen LogP) is -0.393. The maximum absolute atomic E-state index is 2.56. The standard InChI is InChI=1S/C8H15N3/c1-8(9-2-3-9,10-4-5-10)11-6-7-11/h2-7H2,1H3. The summed E-state index contributed by atoms with van der Waals surface area (Å²) in [4.78, 5) is 7.69. The van der Waals surface area contributed by atoms with Crippen LogP contribution in [0.5, 0.6) is 0 Å². The lowest BCUT2D eigenvalue weighted by molar-refractivity contribution is 0.0121. The molecule has 0 saturated carbocycles. The average molecular weight is 153 g/mol. The van der Waals surface area contributed by atoms with Crippen molar-refractivity contribution in [2.45, 2.75) is 12.7 Å². The number of rotatable bonds is 3. The first-order valence-electron chi connectivity index (χ1n) is 4.57. The van der Waals surface area contributed by atoms with E-state index in [2.05, 4.69) is 21.6 Å². The van der Waals surface area contributed by atoms with Gasteiger partial charge in [0.2, 0.25) is 0 Å². The highest BCUT2D eigenvalue weighted by Gasteiger charge is 2.54. The topological polar surface area (TPSA) is 9.03 Å². The molecule has 3 rings (SSSR count). The maximum Gasteiger partial charge on any atom is 0.128 e. The van der Waals surface area contributed by atoms with Gasteiger partial charge in [-0.25, -0.2) is 0 Å². The first-order valence-corrected chi connectivity index (χ1v) is 4.57. The minimum Gasteiger partial charge on any atom is -0.271 e. The Labute approximate surface area is 67.6 Å². The van der Waals surface area contributed by atoms with E-state index in [1.807, 2.05) is 0 Å². The summed E-state index contributed by atoms with van der Waals surface area (Å²) in [6.45, 7) is 10.2. The van der Waals surface area contributed by atoms with Crippen molar-refractivity contribution in [2.75, 3.05) is 39.3 Å². The first kappa shape index (κ1) is 6.40. The molecule has 0 spiro atoms. The zero-order valence-electron chi connectivity index (χ0n) is 7.08. The molecule has 0 unspecified atom stereocenters. The largest absolute Gasteiger partial charge is 0.271 e. The highest BCUT2D eigenvalue weighted by molar-refractivity contribution is 5.02. The van der Waals surface area contributed by atoms with Crippen molar-refractivity contribution in [2.24, 2.45) is 0 Å². The summed E-state index contributed by atoms with van der Waals surface area (Å²) in [6, 6.07) is 0. The lowest BCUT2D eigenvalue weighted by Gasteiger charge is -2.34. The van der Waals surface area contributed by atoms with E-state index in [0.29, 0.717) is 5.79 Å². The smallest absolute Gasteiger partial charge is 0.128 e. The molecule has 3 heterocycles. The van der Waals surface area contributed by atoms with Crippen molar-refractivity contribution in [1.29, 1.82) is 0 Å². The summed E-state index contributed by atoms with van der Waals surface area (Å²) in [5.41, 5.74) is 0. The quantitative estimate of drug-likeness (QED) is 0.511. The van der Waals surface area contributed by atoms with E-state index in [9.17, 15) is 0 Å². The van der Waals surface area contributed by atoms with Crippen LogP contribution in [0, 0.1) is 0 Å². The van der Waals surface area contributed by atoms with Crippen LogP contribution in [-0.2, 0) is 0 Å². The van der Waals surface area contributed by atoms with Gasteiger partial charge in [0.05, 0.1) is 0 Å². The van der Waals surface area contributed by atoms with Crippen LogP contribution in [0.25, 0.3) is 0 Å². The van der Waals surface area contributed by atoms with Gasteiger partial charge in [0.15, 0.2) is 0 Å². The number of hydrogen-bond donors (Lipinski definition) is 0. The van der Waals surface area contributed by atoms with Gasteiger partial charge in [-0.05, 0) is 6.92 Å². The van der Waals surface area contributed by atoms with Gasteiger partial charge in [-0.15, -0.1) is 0 Å². The van der Waals surface area contributed by atoms with E-state index in [1.54, 1.807) is 0 Å². The molecule has 0 aromatic heterocycles. The Morgan fingerprint density at radius 3 is 1.18 bits per heavy atom. The third-order valence-electron chi connectivity index (χ3n) is 3.14. The Bertz CT molecular complexity index is 148. The monoisotopic (exact) mass is 153 g/mol. The fourth-order valence-corrected chi connectivity index (χ4v) is 2.02. The van der Waals surface area contributed by atoms with E-state index >= 15 is 0 Å². The second kappa shape index (κ2) is 1.79. The van der Waals surface area contributed by atoms with Crippen LogP contribution in [0.2, 0.25) is 0 Å². The fourth-order valence-electron chi connectivity index (χ4n) is 2.02. The molecule has 0 radical (unpaired) electrons. The van der Waals surface area contributed by atoms with Crippen molar-refractivity contribution < 1.29 is 0 Å². The molecule has 0 aromatic rings. The summed E-state index contributed by atoms with van der Waals surface area (Å²) in [5, 5.41) is 0. The Morgan fingerprint density at radius 2 is 1.00 bits per heavy atom. The highest BCUT2D eigenvalue weighted by atomic mass is 15.7. The molecular formula is C8H15N3. The summed E-state index contributed by atoms with van der Waals surface area (Å²) in [6.07, 6.45) is 0. The van der Waals surface area contributed by atoms with Crippen molar-refractivity contribution >= 4 is 0 Å². The summed E-state index contributed by atoms with van der Waals surface area (Å²) >= 11 is 0. The molecule has 3 saturated heterocycles. The molecule has 3 nitrogen and oxygen atoms in total. The van der Waals surface area contributed by atoms with Crippen LogP contribution in [-0.4, -0.2) is 59.8 Å². The van der Waals surface area contributed by atoms with E-state index in [1.165, 1.54) is 39.3 Å². The minimum atomic E-state index is 0.333. The Balaban J connectivity index is 1.82. The van der Waals surface area contributed by atoms with Crippen molar-refractivity contribution in [1.82, 2.24) is 14.7 Å². The third-order valence-corrected chi connectivity index (χ3v) is 3.14. The lowest BCUT2D eigenvalue weighted by atomic mass is 10.4. The molecule has 0 bridgehead atoms. The fraction of sp³-hybridized carbons (Fsp3) is 1.00. The van der Waals surface area contributed by atoms with Crippen LogP contribution in [0.1, 0.15) is 6.92 Å². The van der Waals surface area contributed by atoms with Crippen molar-refractivity contribution in [3.63, 3.8) is 0 Å². The molecular weight excluding hydrogens is 138 g/mol. The maximum atomic E-state index is 2.56. The van der Waals surface area contributed by atoms with Crippen LogP contribution >= 0.6 is 0 Å². The van der Waals surface area contributed by atoms with Crippen molar-refractivity contribution in [3.8, 4) is 0 Å². The number of hydrogen-bond acceptors (Lipinski definition) is 3. The van der Waals surface area contributed by atoms with E-state index < -0.39 is 0 Å². The lowest BCUT2D eigenvalue weighted by Crippen LogP contribution is -2.49. The van der Waals surface area contributed by atoms with Gasteiger partial charge in [0.1, 0.15) is 5.79 Å². The molecule has 0 N–H and O–H groups in total. The van der Waals surface area contributed by atoms with E-state index in [-0.39, 0.29) is 0 Å². The number of nitrogens with zero attached hydrogens (tertiary/aromatic N) is 3. The van der Waals surface area contributed by atoms with Gasteiger partial charge in [-0.2, -0.15) is 0 Å². The van der Waals surface area contributed by atoms with Gasteiger partial charge < -0.3 is 0 Å². The zero-order valence-corrected chi connectivity index (χ0v) is 7.08. The van der Waals surface area contributed by atoms with Crippen LogP contribution in [0.3, 0.4) is 0 Å². The Hall–Kier alpha value is -0.120. The van der Waals surface area contributed by atoms with Gasteiger partial charge in [-0.1, -0.05) is 0 Å². The third kappa shape index (κ3) is 0.849. The molecule has 3 heteroatoms. The van der Waals surface area contributed by atoms with Crippen LogP contribution in [0.15, 0.2) is 0 Å².